The summed E-state index contributed by atoms with van der Waals surface area (Å²) >= 11 is 0. The first-order chi connectivity index (χ1) is 5.77. The SMILES string of the molecule is C=c1ccc2c(c1)CC=CC=2N. The molecule has 0 amide bonds. The molecule has 1 aliphatic rings. The molecule has 2 rings (SSSR count). The van der Waals surface area contributed by atoms with Gasteiger partial charge in [0.15, 0.2) is 0 Å². The molecule has 1 aromatic rings. The van der Waals surface area contributed by atoms with Crippen LogP contribution in [-0.2, 0) is 6.42 Å². The molecule has 1 aliphatic carbocycles. The van der Waals surface area contributed by atoms with Gasteiger partial charge in [0, 0.05) is 10.9 Å². The van der Waals surface area contributed by atoms with Gasteiger partial charge in [0.05, 0.1) is 0 Å². The summed E-state index contributed by atoms with van der Waals surface area (Å²) in [4.78, 5) is 0. The number of hydrogen-bond donors (Lipinski definition) is 1. The van der Waals surface area contributed by atoms with E-state index in [0.29, 0.717) is 0 Å². The molecule has 12 heavy (non-hydrogen) atoms. The summed E-state index contributed by atoms with van der Waals surface area (Å²) in [5, 5.41) is 2.21. The first-order valence-electron chi connectivity index (χ1n) is 4.01. The quantitative estimate of drug-likeness (QED) is 0.575. The zero-order valence-electron chi connectivity index (χ0n) is 6.88. The molecule has 2 N–H and O–H groups in total. The van der Waals surface area contributed by atoms with Crippen LogP contribution in [0.1, 0.15) is 5.56 Å². The fourth-order valence-electron chi connectivity index (χ4n) is 1.50. The molecule has 1 nitrogen and oxygen atoms in total. The molecule has 0 aromatic heterocycles. The molecule has 0 aliphatic heterocycles. The molecule has 0 atom stereocenters. The summed E-state index contributed by atoms with van der Waals surface area (Å²) in [5.41, 5.74) is 7.94. The van der Waals surface area contributed by atoms with Crippen molar-refractivity contribution in [3.05, 3.63) is 46.4 Å². The van der Waals surface area contributed by atoms with Crippen LogP contribution >= 0.6 is 0 Å². The minimum atomic E-state index is 0.858. The molecule has 1 heteroatoms. The summed E-state index contributed by atoms with van der Waals surface area (Å²) in [6.45, 7) is 3.88. The highest BCUT2D eigenvalue weighted by molar-refractivity contribution is 5.57. The maximum Gasteiger partial charge on any atom is 0.0387 e. The van der Waals surface area contributed by atoms with Crippen molar-refractivity contribution in [2.24, 2.45) is 5.73 Å². The highest BCUT2D eigenvalue weighted by Crippen LogP contribution is 2.00. The summed E-state index contributed by atoms with van der Waals surface area (Å²) in [7, 11) is 0. The summed E-state index contributed by atoms with van der Waals surface area (Å²) in [6, 6.07) is 6.12. The minimum Gasteiger partial charge on any atom is -0.398 e. The average Bonchev–Trinajstić information content (AvgIpc) is 2.04. The minimum absolute atomic E-state index is 0.858. The van der Waals surface area contributed by atoms with E-state index in [1.165, 1.54) is 5.56 Å². The van der Waals surface area contributed by atoms with Gasteiger partial charge < -0.3 is 5.73 Å². The maximum absolute atomic E-state index is 5.81. The van der Waals surface area contributed by atoms with Crippen molar-refractivity contribution in [2.75, 3.05) is 0 Å². The van der Waals surface area contributed by atoms with Gasteiger partial charge >= 0.3 is 0 Å². The number of fused-ring (bicyclic) bond motifs is 1. The predicted molar refractivity (Wildman–Crippen MR) is 51.7 cm³/mol. The van der Waals surface area contributed by atoms with Crippen LogP contribution in [0.3, 0.4) is 0 Å². The van der Waals surface area contributed by atoms with Crippen molar-refractivity contribution in [3.63, 3.8) is 0 Å². The molecule has 1 aromatic carbocycles. The van der Waals surface area contributed by atoms with Gasteiger partial charge in [-0.3, -0.25) is 0 Å². The van der Waals surface area contributed by atoms with E-state index in [9.17, 15) is 0 Å². The van der Waals surface area contributed by atoms with Gasteiger partial charge in [-0.15, -0.1) is 0 Å². The molecule has 0 saturated carbocycles. The Labute approximate surface area is 71.5 Å². The van der Waals surface area contributed by atoms with Crippen LogP contribution in [0, 0.1) is 0 Å². The monoisotopic (exact) mass is 157 g/mol. The number of nitrogens with two attached hydrogens (primary N) is 1. The molecule has 0 fully saturated rings. The summed E-state index contributed by atoms with van der Waals surface area (Å²) in [6.07, 6.45) is 5.02. The van der Waals surface area contributed by atoms with Gasteiger partial charge in [0.2, 0.25) is 0 Å². The van der Waals surface area contributed by atoms with Crippen molar-refractivity contribution in [1.82, 2.24) is 0 Å². The van der Waals surface area contributed by atoms with Gasteiger partial charge in [-0.05, 0) is 23.3 Å². The third-order valence-corrected chi connectivity index (χ3v) is 2.12. The zero-order chi connectivity index (χ0) is 8.55. The Kier molecular flexibility index (Phi) is 1.51. The second-order valence-corrected chi connectivity index (χ2v) is 3.05. The first kappa shape index (κ1) is 7.17. The lowest BCUT2D eigenvalue weighted by Crippen LogP contribution is -2.21. The van der Waals surface area contributed by atoms with E-state index in [4.69, 9.17) is 5.73 Å². The molecule has 60 valence electrons. The fraction of sp³-hybridized carbons (Fsp3) is 0.0909. The van der Waals surface area contributed by atoms with Gasteiger partial charge in [-0.25, -0.2) is 0 Å². The van der Waals surface area contributed by atoms with Gasteiger partial charge in [-0.2, -0.15) is 0 Å². The van der Waals surface area contributed by atoms with E-state index in [0.717, 1.165) is 22.6 Å². The predicted octanol–water partition coefficient (Wildman–Crippen LogP) is 0.276. The van der Waals surface area contributed by atoms with E-state index in [1.54, 1.807) is 0 Å². The van der Waals surface area contributed by atoms with Crippen molar-refractivity contribution < 1.29 is 0 Å². The van der Waals surface area contributed by atoms with Crippen LogP contribution in [0.4, 0.5) is 0 Å². The van der Waals surface area contributed by atoms with Crippen LogP contribution in [0.15, 0.2) is 30.4 Å². The molecular weight excluding hydrogens is 146 g/mol. The Bertz CT molecular complexity index is 441. The Balaban J connectivity index is 2.84. The molecule has 0 radical (unpaired) electrons. The number of benzene rings is 1. The van der Waals surface area contributed by atoms with Crippen molar-refractivity contribution >= 4 is 12.3 Å². The van der Waals surface area contributed by atoms with Crippen LogP contribution in [0.2, 0.25) is 0 Å². The zero-order valence-corrected chi connectivity index (χ0v) is 6.88. The number of rotatable bonds is 0. The van der Waals surface area contributed by atoms with E-state index in [1.807, 2.05) is 18.2 Å². The Morgan fingerprint density at radius 1 is 1.33 bits per heavy atom. The van der Waals surface area contributed by atoms with Crippen LogP contribution in [-0.4, -0.2) is 0 Å². The first-order valence-corrected chi connectivity index (χ1v) is 4.01. The topological polar surface area (TPSA) is 26.0 Å². The normalized spacial score (nSPS) is 14.5. The molecule has 0 heterocycles. The molecule has 0 spiro atoms. The highest BCUT2D eigenvalue weighted by atomic mass is 14.6. The van der Waals surface area contributed by atoms with Crippen molar-refractivity contribution in [2.45, 2.75) is 6.42 Å². The van der Waals surface area contributed by atoms with Gasteiger partial charge in [0.25, 0.3) is 0 Å². The lowest BCUT2D eigenvalue weighted by Gasteiger charge is -2.06. The Morgan fingerprint density at radius 2 is 2.17 bits per heavy atom. The number of allylic oxidation sites excluding steroid dienone is 1. The van der Waals surface area contributed by atoms with E-state index < -0.39 is 0 Å². The third kappa shape index (κ3) is 1.03. The maximum atomic E-state index is 5.81. The lowest BCUT2D eigenvalue weighted by molar-refractivity contribution is 1.19. The molecule has 0 saturated heterocycles. The second kappa shape index (κ2) is 2.52. The van der Waals surface area contributed by atoms with Crippen molar-refractivity contribution in [3.8, 4) is 0 Å². The lowest BCUT2D eigenvalue weighted by atomic mass is 10.0. The van der Waals surface area contributed by atoms with E-state index in [-0.39, 0.29) is 0 Å². The summed E-state index contributed by atoms with van der Waals surface area (Å²) in [5.74, 6) is 0. The van der Waals surface area contributed by atoms with E-state index >= 15 is 0 Å². The standard InChI is InChI=1S/C11H11N/c1-8-5-6-10-9(7-8)3-2-4-11(10)12/h2,4-7H,1,3,12H2. The molecular formula is C11H11N. The van der Waals surface area contributed by atoms with Crippen LogP contribution in [0.5, 0.6) is 0 Å². The smallest absolute Gasteiger partial charge is 0.0387 e. The van der Waals surface area contributed by atoms with Crippen LogP contribution in [0.25, 0.3) is 12.3 Å². The van der Waals surface area contributed by atoms with Gasteiger partial charge in [0.1, 0.15) is 0 Å². The number of hydrogen-bond acceptors (Lipinski definition) is 1. The van der Waals surface area contributed by atoms with Crippen LogP contribution < -0.4 is 16.2 Å². The third-order valence-electron chi connectivity index (χ3n) is 2.12. The average molecular weight is 157 g/mol. The van der Waals surface area contributed by atoms with Gasteiger partial charge in [-0.1, -0.05) is 30.9 Å². The van der Waals surface area contributed by atoms with E-state index in [2.05, 4.69) is 18.7 Å². The second-order valence-electron chi connectivity index (χ2n) is 3.05. The fourth-order valence-corrected chi connectivity index (χ4v) is 1.50. The Hall–Kier alpha value is -1.50. The molecule has 0 unspecified atom stereocenters. The van der Waals surface area contributed by atoms with Crippen molar-refractivity contribution in [1.29, 1.82) is 0 Å². The largest absolute Gasteiger partial charge is 0.398 e. The highest BCUT2D eigenvalue weighted by Gasteiger charge is 2.00. The molecule has 0 bridgehead atoms. The summed E-state index contributed by atoms with van der Waals surface area (Å²) < 4.78 is 0. The Morgan fingerprint density at radius 3 is 3.00 bits per heavy atom.